The Morgan fingerprint density at radius 1 is 1.10 bits per heavy atom. The maximum atomic E-state index is 10.8. The molecule has 2 heteroatoms. The topological polar surface area (TPSA) is 29.5 Å². The molecule has 3 aliphatic carbocycles. The van der Waals surface area contributed by atoms with E-state index in [4.69, 9.17) is 4.74 Å². The lowest BCUT2D eigenvalue weighted by Gasteiger charge is -2.28. The number of aliphatic hydroxyl groups excluding tert-OH is 1. The molecule has 1 heterocycles. The summed E-state index contributed by atoms with van der Waals surface area (Å²) in [4.78, 5) is 0. The first-order valence-corrected chi connectivity index (χ1v) is 8.72. The van der Waals surface area contributed by atoms with Crippen LogP contribution in [0.25, 0.3) is 0 Å². The van der Waals surface area contributed by atoms with Gasteiger partial charge in [0.1, 0.15) is 5.75 Å². The second kappa shape index (κ2) is 4.49. The SMILES string of the molecule is OC(CC1CCOc2ccccc21)C1C2C3CCC(C3)C12. The summed E-state index contributed by atoms with van der Waals surface area (Å²) in [5.74, 6) is 5.85. The molecule has 4 aliphatic rings. The normalized spacial score (nSPS) is 43.9. The van der Waals surface area contributed by atoms with Crippen molar-refractivity contribution in [2.75, 3.05) is 6.61 Å². The Morgan fingerprint density at radius 2 is 1.86 bits per heavy atom. The van der Waals surface area contributed by atoms with Crippen molar-refractivity contribution < 1.29 is 9.84 Å². The van der Waals surface area contributed by atoms with E-state index in [1.165, 1.54) is 24.8 Å². The van der Waals surface area contributed by atoms with Gasteiger partial charge in [0.25, 0.3) is 0 Å². The Bertz CT molecular complexity index is 538. The molecule has 0 amide bonds. The molecule has 112 valence electrons. The summed E-state index contributed by atoms with van der Waals surface area (Å²) < 4.78 is 5.75. The highest BCUT2D eigenvalue weighted by molar-refractivity contribution is 5.37. The predicted molar refractivity (Wildman–Crippen MR) is 81.2 cm³/mol. The number of aliphatic hydroxyl groups is 1. The molecule has 1 aromatic rings. The number of fused-ring (bicyclic) bond motifs is 6. The lowest BCUT2D eigenvalue weighted by molar-refractivity contribution is 0.104. The molecule has 0 radical (unpaired) electrons. The summed E-state index contributed by atoms with van der Waals surface area (Å²) in [6.45, 7) is 0.803. The van der Waals surface area contributed by atoms with Gasteiger partial charge in [-0.25, -0.2) is 0 Å². The van der Waals surface area contributed by atoms with Gasteiger partial charge in [0.05, 0.1) is 12.7 Å². The highest BCUT2D eigenvalue weighted by atomic mass is 16.5. The van der Waals surface area contributed by atoms with Crippen LogP contribution in [0.1, 0.15) is 43.6 Å². The van der Waals surface area contributed by atoms with Crippen molar-refractivity contribution in [3.05, 3.63) is 29.8 Å². The molecular formula is C19H24O2. The number of hydrogen-bond donors (Lipinski definition) is 1. The van der Waals surface area contributed by atoms with E-state index in [1.807, 2.05) is 6.07 Å². The standard InChI is InChI=1S/C19H24O2/c20-15(19-17-12-5-6-13(9-12)18(17)19)10-11-7-8-21-16-4-2-1-3-14(11)16/h1-4,11-13,15,17-20H,5-10H2. The molecular weight excluding hydrogens is 260 g/mol. The van der Waals surface area contributed by atoms with E-state index in [0.717, 1.165) is 48.9 Å². The highest BCUT2D eigenvalue weighted by Crippen LogP contribution is 2.70. The van der Waals surface area contributed by atoms with Crippen LogP contribution in [0.3, 0.4) is 0 Å². The van der Waals surface area contributed by atoms with E-state index >= 15 is 0 Å². The van der Waals surface area contributed by atoms with Gasteiger partial charge in [-0.15, -0.1) is 0 Å². The molecule has 1 aromatic carbocycles. The third-order valence-corrected chi connectivity index (χ3v) is 6.85. The Kier molecular flexibility index (Phi) is 2.67. The van der Waals surface area contributed by atoms with Gasteiger partial charge in [-0.05, 0) is 79.2 Å². The summed E-state index contributed by atoms with van der Waals surface area (Å²) in [5.41, 5.74) is 1.32. The van der Waals surface area contributed by atoms with Crippen molar-refractivity contribution >= 4 is 0 Å². The maximum Gasteiger partial charge on any atom is 0.122 e. The molecule has 3 saturated carbocycles. The summed E-state index contributed by atoms with van der Waals surface area (Å²) >= 11 is 0. The van der Waals surface area contributed by atoms with Crippen molar-refractivity contribution in [1.29, 1.82) is 0 Å². The number of para-hydroxylation sites is 1. The number of hydrogen-bond acceptors (Lipinski definition) is 2. The fourth-order valence-corrected chi connectivity index (χ4v) is 6.02. The van der Waals surface area contributed by atoms with Crippen LogP contribution in [0.4, 0.5) is 0 Å². The van der Waals surface area contributed by atoms with Gasteiger partial charge in [-0.3, -0.25) is 0 Å². The molecule has 2 nitrogen and oxygen atoms in total. The average molecular weight is 284 g/mol. The smallest absolute Gasteiger partial charge is 0.122 e. The number of ether oxygens (including phenoxy) is 1. The van der Waals surface area contributed by atoms with Crippen molar-refractivity contribution in [2.45, 2.75) is 44.1 Å². The molecule has 6 unspecified atom stereocenters. The molecule has 0 aromatic heterocycles. The Balaban J connectivity index is 1.31. The summed E-state index contributed by atoms with van der Waals surface area (Å²) in [7, 11) is 0. The Labute approximate surface area is 126 Å². The molecule has 3 fully saturated rings. The first kappa shape index (κ1) is 12.5. The second-order valence-electron chi connectivity index (χ2n) is 7.74. The van der Waals surface area contributed by atoms with Gasteiger partial charge >= 0.3 is 0 Å². The van der Waals surface area contributed by atoms with Gasteiger partial charge in [0.2, 0.25) is 0 Å². The van der Waals surface area contributed by atoms with Crippen molar-refractivity contribution in [3.63, 3.8) is 0 Å². The molecule has 1 N–H and O–H groups in total. The fourth-order valence-electron chi connectivity index (χ4n) is 6.02. The molecule has 0 saturated heterocycles. The average Bonchev–Trinajstić information content (AvgIpc) is 2.96. The Hall–Kier alpha value is -1.02. The van der Waals surface area contributed by atoms with Crippen LogP contribution >= 0.6 is 0 Å². The summed E-state index contributed by atoms with van der Waals surface area (Å²) in [5, 5.41) is 10.8. The van der Waals surface area contributed by atoms with Crippen LogP contribution in [0.2, 0.25) is 0 Å². The molecule has 5 rings (SSSR count). The van der Waals surface area contributed by atoms with E-state index < -0.39 is 0 Å². The van der Waals surface area contributed by atoms with Crippen LogP contribution < -0.4 is 4.74 Å². The monoisotopic (exact) mass is 284 g/mol. The van der Waals surface area contributed by atoms with Crippen LogP contribution in [0.15, 0.2) is 24.3 Å². The first-order chi connectivity index (χ1) is 10.3. The quantitative estimate of drug-likeness (QED) is 0.919. The predicted octanol–water partition coefficient (Wildman–Crippen LogP) is 3.60. The maximum absolute atomic E-state index is 10.8. The highest BCUT2D eigenvalue weighted by Gasteiger charge is 2.66. The zero-order valence-electron chi connectivity index (χ0n) is 12.4. The van der Waals surface area contributed by atoms with Gasteiger partial charge in [0.15, 0.2) is 0 Å². The summed E-state index contributed by atoms with van der Waals surface area (Å²) in [6, 6.07) is 8.39. The van der Waals surface area contributed by atoms with Gasteiger partial charge in [-0.2, -0.15) is 0 Å². The zero-order valence-corrected chi connectivity index (χ0v) is 12.4. The molecule has 2 bridgehead atoms. The summed E-state index contributed by atoms with van der Waals surface area (Å²) in [6.07, 6.45) is 6.27. The minimum atomic E-state index is -0.0837. The second-order valence-corrected chi connectivity index (χ2v) is 7.74. The number of rotatable bonds is 3. The van der Waals surface area contributed by atoms with Crippen molar-refractivity contribution in [3.8, 4) is 5.75 Å². The zero-order chi connectivity index (χ0) is 14.0. The third-order valence-electron chi connectivity index (χ3n) is 6.85. The lowest BCUT2D eigenvalue weighted by atomic mass is 9.85. The fraction of sp³-hybridized carbons (Fsp3) is 0.684. The van der Waals surface area contributed by atoms with Crippen molar-refractivity contribution in [2.24, 2.45) is 29.6 Å². The van der Waals surface area contributed by atoms with E-state index in [9.17, 15) is 5.11 Å². The van der Waals surface area contributed by atoms with Crippen LogP contribution in [0, 0.1) is 29.6 Å². The molecule has 21 heavy (non-hydrogen) atoms. The first-order valence-electron chi connectivity index (χ1n) is 8.72. The van der Waals surface area contributed by atoms with Crippen LogP contribution in [-0.4, -0.2) is 17.8 Å². The molecule has 0 spiro atoms. The van der Waals surface area contributed by atoms with Gasteiger partial charge in [0, 0.05) is 0 Å². The molecule has 6 atom stereocenters. The minimum Gasteiger partial charge on any atom is -0.493 e. The third kappa shape index (κ3) is 1.81. The van der Waals surface area contributed by atoms with E-state index in [-0.39, 0.29) is 6.10 Å². The van der Waals surface area contributed by atoms with E-state index in [1.54, 1.807) is 0 Å². The lowest BCUT2D eigenvalue weighted by Crippen LogP contribution is -2.22. The van der Waals surface area contributed by atoms with Crippen LogP contribution in [-0.2, 0) is 0 Å². The largest absolute Gasteiger partial charge is 0.493 e. The van der Waals surface area contributed by atoms with Crippen molar-refractivity contribution in [1.82, 2.24) is 0 Å². The molecule has 1 aliphatic heterocycles. The van der Waals surface area contributed by atoms with E-state index in [2.05, 4.69) is 18.2 Å². The van der Waals surface area contributed by atoms with Crippen LogP contribution in [0.5, 0.6) is 5.75 Å². The van der Waals surface area contributed by atoms with E-state index in [0.29, 0.717) is 11.8 Å². The van der Waals surface area contributed by atoms with Gasteiger partial charge < -0.3 is 9.84 Å². The minimum absolute atomic E-state index is 0.0837. The Morgan fingerprint density at radius 3 is 2.67 bits per heavy atom. The van der Waals surface area contributed by atoms with Gasteiger partial charge in [-0.1, -0.05) is 18.2 Å². The number of benzene rings is 1.